The standard InChI is InChI=1S/C19H15NO4/c1-13-6-8-14(9-7-13)10-11-17(21)24-12-20-18(22)15-4-2-3-5-16(15)19(20)23/h2-11H,12H2,1H3/b11-10+. The minimum absolute atomic E-state index is 0.328. The van der Waals surface area contributed by atoms with Crippen LogP contribution in [0, 0.1) is 6.92 Å². The molecule has 0 aromatic heterocycles. The third kappa shape index (κ3) is 3.10. The summed E-state index contributed by atoms with van der Waals surface area (Å²) in [6, 6.07) is 14.1. The van der Waals surface area contributed by atoms with Gasteiger partial charge in [-0.2, -0.15) is 0 Å². The van der Waals surface area contributed by atoms with Crippen molar-refractivity contribution in [2.75, 3.05) is 6.73 Å². The lowest BCUT2D eigenvalue weighted by Gasteiger charge is -2.12. The minimum Gasteiger partial charge on any atom is -0.441 e. The summed E-state index contributed by atoms with van der Waals surface area (Å²) in [6.07, 6.45) is 2.88. The highest BCUT2D eigenvalue weighted by molar-refractivity contribution is 6.21. The lowest BCUT2D eigenvalue weighted by Crippen LogP contribution is -2.32. The van der Waals surface area contributed by atoms with E-state index in [2.05, 4.69) is 0 Å². The third-order valence-corrected chi connectivity index (χ3v) is 3.70. The van der Waals surface area contributed by atoms with Crippen LogP contribution >= 0.6 is 0 Å². The fraction of sp³-hybridized carbons (Fsp3) is 0.105. The molecule has 0 aliphatic carbocycles. The molecule has 120 valence electrons. The average molecular weight is 321 g/mol. The summed E-state index contributed by atoms with van der Waals surface area (Å²) in [4.78, 5) is 36.9. The predicted molar refractivity (Wildman–Crippen MR) is 88.1 cm³/mol. The van der Waals surface area contributed by atoms with Gasteiger partial charge in [-0.25, -0.2) is 9.69 Å². The Hall–Kier alpha value is -3.21. The number of aryl methyl sites for hydroxylation is 1. The van der Waals surface area contributed by atoms with E-state index in [4.69, 9.17) is 4.74 Å². The van der Waals surface area contributed by atoms with Gasteiger partial charge in [0, 0.05) is 6.08 Å². The van der Waals surface area contributed by atoms with E-state index in [0.717, 1.165) is 16.0 Å². The van der Waals surface area contributed by atoms with Gasteiger partial charge in [0.25, 0.3) is 11.8 Å². The Bertz CT molecular complexity index is 802. The number of ether oxygens (including phenoxy) is 1. The Morgan fingerprint density at radius 3 is 2.17 bits per heavy atom. The maximum atomic E-state index is 12.1. The van der Waals surface area contributed by atoms with Gasteiger partial charge in [-0.05, 0) is 30.7 Å². The van der Waals surface area contributed by atoms with E-state index in [1.807, 2.05) is 31.2 Å². The molecule has 0 N–H and O–H groups in total. The molecule has 24 heavy (non-hydrogen) atoms. The Morgan fingerprint density at radius 1 is 1.00 bits per heavy atom. The van der Waals surface area contributed by atoms with Crippen LogP contribution in [0.2, 0.25) is 0 Å². The van der Waals surface area contributed by atoms with Gasteiger partial charge in [-0.3, -0.25) is 9.59 Å². The number of imide groups is 1. The first kappa shape index (κ1) is 15.7. The molecule has 0 radical (unpaired) electrons. The molecule has 2 aromatic carbocycles. The van der Waals surface area contributed by atoms with Gasteiger partial charge in [0.1, 0.15) is 0 Å². The Kier molecular flexibility index (Phi) is 4.24. The van der Waals surface area contributed by atoms with Crippen LogP contribution in [-0.4, -0.2) is 29.4 Å². The molecule has 1 aliphatic rings. The largest absolute Gasteiger partial charge is 0.441 e. The Morgan fingerprint density at radius 2 is 1.58 bits per heavy atom. The normalized spacial score (nSPS) is 13.5. The second-order valence-corrected chi connectivity index (χ2v) is 5.42. The van der Waals surface area contributed by atoms with Crippen molar-refractivity contribution in [2.45, 2.75) is 6.92 Å². The second-order valence-electron chi connectivity index (χ2n) is 5.42. The van der Waals surface area contributed by atoms with Gasteiger partial charge in [0.2, 0.25) is 0 Å². The molecular weight excluding hydrogens is 306 g/mol. The first-order valence-corrected chi connectivity index (χ1v) is 7.43. The summed E-state index contributed by atoms with van der Waals surface area (Å²) >= 11 is 0. The number of nitrogens with zero attached hydrogens (tertiary/aromatic N) is 1. The molecule has 0 unspecified atom stereocenters. The van der Waals surface area contributed by atoms with Crippen molar-refractivity contribution < 1.29 is 19.1 Å². The summed E-state index contributed by atoms with van der Waals surface area (Å²) in [5.74, 6) is -1.52. The minimum atomic E-state index is -0.618. The number of rotatable bonds is 4. The van der Waals surface area contributed by atoms with Crippen molar-refractivity contribution in [2.24, 2.45) is 0 Å². The van der Waals surface area contributed by atoms with Crippen molar-refractivity contribution in [1.82, 2.24) is 4.90 Å². The molecule has 0 atom stereocenters. The number of hydrogen-bond acceptors (Lipinski definition) is 4. The molecule has 1 heterocycles. The zero-order chi connectivity index (χ0) is 17.1. The number of amides is 2. The zero-order valence-corrected chi connectivity index (χ0v) is 13.1. The van der Waals surface area contributed by atoms with Gasteiger partial charge < -0.3 is 4.74 Å². The van der Waals surface area contributed by atoms with E-state index >= 15 is 0 Å². The van der Waals surface area contributed by atoms with E-state index in [1.165, 1.54) is 6.08 Å². The van der Waals surface area contributed by atoms with Crippen molar-refractivity contribution in [3.63, 3.8) is 0 Å². The van der Waals surface area contributed by atoms with Crippen LogP contribution in [0.25, 0.3) is 6.08 Å². The molecular formula is C19H15NO4. The summed E-state index contributed by atoms with van der Waals surface area (Å²) in [5, 5.41) is 0. The first-order chi connectivity index (χ1) is 11.6. The molecule has 0 bridgehead atoms. The van der Waals surface area contributed by atoms with Crippen molar-refractivity contribution in [3.8, 4) is 0 Å². The number of carbonyl (C=O) groups is 3. The highest BCUT2D eigenvalue weighted by Gasteiger charge is 2.35. The smallest absolute Gasteiger partial charge is 0.332 e. The monoisotopic (exact) mass is 321 g/mol. The maximum Gasteiger partial charge on any atom is 0.332 e. The second kappa shape index (κ2) is 6.50. The Labute approximate surface area is 139 Å². The maximum absolute atomic E-state index is 12.1. The fourth-order valence-corrected chi connectivity index (χ4v) is 2.37. The Balaban J connectivity index is 1.60. The van der Waals surface area contributed by atoms with E-state index in [9.17, 15) is 14.4 Å². The first-order valence-electron chi connectivity index (χ1n) is 7.43. The number of fused-ring (bicyclic) bond motifs is 1. The predicted octanol–water partition coefficient (Wildman–Crippen LogP) is 2.81. The molecule has 5 heteroatoms. The van der Waals surface area contributed by atoms with E-state index in [0.29, 0.717) is 11.1 Å². The topological polar surface area (TPSA) is 63.7 Å². The number of esters is 1. The number of hydrogen-bond donors (Lipinski definition) is 0. The van der Waals surface area contributed by atoms with Crippen LogP contribution in [-0.2, 0) is 9.53 Å². The lowest BCUT2D eigenvalue weighted by molar-refractivity contribution is -0.140. The fourth-order valence-electron chi connectivity index (χ4n) is 2.37. The highest BCUT2D eigenvalue weighted by atomic mass is 16.5. The van der Waals surface area contributed by atoms with Crippen LogP contribution in [0.1, 0.15) is 31.8 Å². The van der Waals surface area contributed by atoms with Crippen molar-refractivity contribution in [3.05, 3.63) is 76.9 Å². The van der Waals surface area contributed by atoms with Crippen LogP contribution in [0.5, 0.6) is 0 Å². The molecule has 0 saturated carbocycles. The SMILES string of the molecule is Cc1ccc(/C=C/C(=O)OCN2C(=O)c3ccccc3C2=O)cc1. The van der Waals surface area contributed by atoms with E-state index < -0.39 is 24.5 Å². The molecule has 0 spiro atoms. The van der Waals surface area contributed by atoms with E-state index in [1.54, 1.807) is 30.3 Å². The average Bonchev–Trinajstić information content (AvgIpc) is 2.84. The van der Waals surface area contributed by atoms with Crippen LogP contribution < -0.4 is 0 Å². The molecule has 0 saturated heterocycles. The molecule has 2 aromatic rings. The zero-order valence-electron chi connectivity index (χ0n) is 13.1. The van der Waals surface area contributed by atoms with Gasteiger partial charge >= 0.3 is 5.97 Å². The van der Waals surface area contributed by atoms with Crippen LogP contribution in [0.3, 0.4) is 0 Å². The highest BCUT2D eigenvalue weighted by Crippen LogP contribution is 2.22. The quantitative estimate of drug-likeness (QED) is 0.493. The van der Waals surface area contributed by atoms with Crippen LogP contribution in [0.4, 0.5) is 0 Å². The van der Waals surface area contributed by atoms with Gasteiger partial charge in [0.05, 0.1) is 11.1 Å². The summed E-state index contributed by atoms with van der Waals surface area (Å²) in [7, 11) is 0. The van der Waals surface area contributed by atoms with Gasteiger partial charge in [0.15, 0.2) is 6.73 Å². The summed E-state index contributed by atoms with van der Waals surface area (Å²) in [5.41, 5.74) is 2.64. The van der Waals surface area contributed by atoms with Crippen LogP contribution in [0.15, 0.2) is 54.6 Å². The summed E-state index contributed by atoms with van der Waals surface area (Å²) in [6.45, 7) is 1.58. The number of carbonyl (C=O) groups excluding carboxylic acids is 3. The molecule has 2 amide bonds. The summed E-state index contributed by atoms with van der Waals surface area (Å²) < 4.78 is 5.00. The van der Waals surface area contributed by atoms with Gasteiger partial charge in [-0.15, -0.1) is 0 Å². The molecule has 5 nitrogen and oxygen atoms in total. The molecule has 1 aliphatic heterocycles. The lowest BCUT2D eigenvalue weighted by atomic mass is 10.1. The van der Waals surface area contributed by atoms with E-state index in [-0.39, 0.29) is 0 Å². The number of benzene rings is 2. The van der Waals surface area contributed by atoms with Crippen molar-refractivity contribution >= 4 is 23.9 Å². The van der Waals surface area contributed by atoms with Gasteiger partial charge in [-0.1, -0.05) is 42.0 Å². The third-order valence-electron chi connectivity index (χ3n) is 3.70. The van der Waals surface area contributed by atoms with Crippen molar-refractivity contribution in [1.29, 1.82) is 0 Å². The molecule has 3 rings (SSSR count). The molecule has 0 fully saturated rings.